The van der Waals surface area contributed by atoms with Gasteiger partial charge in [-0.05, 0) is 38.3 Å². The molecule has 3 nitrogen and oxygen atoms in total. The lowest BCUT2D eigenvalue weighted by atomic mass is 10.1. The molecule has 1 atom stereocenters. The van der Waals surface area contributed by atoms with Crippen LogP contribution in [0, 0.1) is 0 Å². The Hall–Kier alpha value is -0.900. The minimum Gasteiger partial charge on any atom is -0.378 e. The van der Waals surface area contributed by atoms with Crippen molar-refractivity contribution in [2.45, 2.75) is 58.8 Å². The van der Waals surface area contributed by atoms with Crippen molar-refractivity contribution in [1.29, 1.82) is 0 Å². The van der Waals surface area contributed by atoms with Crippen molar-refractivity contribution in [2.24, 2.45) is 0 Å². The van der Waals surface area contributed by atoms with E-state index in [0.717, 1.165) is 39.3 Å². The number of nitrogens with one attached hydrogen (secondary N) is 1. The fraction of sp³-hybridized carbons (Fsp3) is 0.667. The Morgan fingerprint density at radius 1 is 1.29 bits per heavy atom. The average molecular weight is 290 g/mol. The summed E-state index contributed by atoms with van der Waals surface area (Å²) in [6.07, 6.45) is 1.16. The highest BCUT2D eigenvalue weighted by Crippen LogP contribution is 2.16. The van der Waals surface area contributed by atoms with Gasteiger partial charge >= 0.3 is 0 Å². The van der Waals surface area contributed by atoms with Crippen molar-refractivity contribution < 1.29 is 4.74 Å². The first kappa shape index (κ1) is 16.5. The standard InChI is InChI=1S/C18H30N2O/c1-5-17-14-21-10-9-20(17)13-16-8-6-7-15(11-16)12-19-18(2,3)4/h6-8,11,17,19H,5,9-10,12-14H2,1-4H3. The van der Waals surface area contributed by atoms with E-state index in [2.05, 4.69) is 62.2 Å². The molecule has 118 valence electrons. The van der Waals surface area contributed by atoms with E-state index in [1.807, 2.05) is 0 Å². The van der Waals surface area contributed by atoms with Crippen molar-refractivity contribution in [3.63, 3.8) is 0 Å². The zero-order valence-electron chi connectivity index (χ0n) is 14.0. The quantitative estimate of drug-likeness (QED) is 0.901. The van der Waals surface area contributed by atoms with Crippen LogP contribution in [0.3, 0.4) is 0 Å². The minimum absolute atomic E-state index is 0.160. The summed E-state index contributed by atoms with van der Waals surface area (Å²) in [4.78, 5) is 2.56. The topological polar surface area (TPSA) is 24.5 Å². The molecule has 1 fully saturated rings. The van der Waals surface area contributed by atoms with Crippen LogP contribution in [0.5, 0.6) is 0 Å². The minimum atomic E-state index is 0.160. The van der Waals surface area contributed by atoms with Crippen LogP contribution in [0.2, 0.25) is 0 Å². The van der Waals surface area contributed by atoms with Crippen LogP contribution in [0.15, 0.2) is 24.3 Å². The largest absolute Gasteiger partial charge is 0.378 e. The summed E-state index contributed by atoms with van der Waals surface area (Å²) in [7, 11) is 0. The number of rotatable bonds is 5. The Labute approximate surface area is 129 Å². The molecule has 1 saturated heterocycles. The number of nitrogens with zero attached hydrogens (tertiary/aromatic N) is 1. The predicted octanol–water partition coefficient (Wildman–Crippen LogP) is 3.19. The second-order valence-corrected chi connectivity index (χ2v) is 7.03. The fourth-order valence-electron chi connectivity index (χ4n) is 2.71. The van der Waals surface area contributed by atoms with Crippen LogP contribution >= 0.6 is 0 Å². The highest BCUT2D eigenvalue weighted by molar-refractivity contribution is 5.23. The van der Waals surface area contributed by atoms with Crippen molar-refractivity contribution in [3.05, 3.63) is 35.4 Å². The lowest BCUT2D eigenvalue weighted by Crippen LogP contribution is -2.44. The number of ether oxygens (including phenoxy) is 1. The first-order valence-electron chi connectivity index (χ1n) is 8.12. The third-order valence-corrected chi connectivity index (χ3v) is 4.02. The Balaban J connectivity index is 1.97. The third-order valence-electron chi connectivity index (χ3n) is 4.02. The molecule has 0 radical (unpaired) electrons. The van der Waals surface area contributed by atoms with Crippen LogP contribution in [-0.4, -0.2) is 36.2 Å². The zero-order chi connectivity index (χ0) is 15.3. The molecule has 0 aromatic heterocycles. The molecule has 3 heteroatoms. The summed E-state index contributed by atoms with van der Waals surface area (Å²) >= 11 is 0. The number of hydrogen-bond donors (Lipinski definition) is 1. The predicted molar refractivity (Wildman–Crippen MR) is 88.3 cm³/mol. The van der Waals surface area contributed by atoms with Crippen LogP contribution in [0.25, 0.3) is 0 Å². The van der Waals surface area contributed by atoms with Gasteiger partial charge in [-0.2, -0.15) is 0 Å². The molecular formula is C18H30N2O. The molecule has 1 aliphatic rings. The molecule has 21 heavy (non-hydrogen) atoms. The molecular weight excluding hydrogens is 260 g/mol. The van der Waals surface area contributed by atoms with E-state index >= 15 is 0 Å². The lowest BCUT2D eigenvalue weighted by Gasteiger charge is -2.35. The molecule has 1 heterocycles. The first-order chi connectivity index (χ1) is 9.98. The van der Waals surface area contributed by atoms with Gasteiger partial charge < -0.3 is 10.1 Å². The summed E-state index contributed by atoms with van der Waals surface area (Å²) < 4.78 is 5.59. The van der Waals surface area contributed by atoms with Gasteiger partial charge in [0.05, 0.1) is 13.2 Å². The Morgan fingerprint density at radius 3 is 2.76 bits per heavy atom. The van der Waals surface area contributed by atoms with E-state index in [-0.39, 0.29) is 5.54 Å². The van der Waals surface area contributed by atoms with Crippen LogP contribution in [0.4, 0.5) is 0 Å². The van der Waals surface area contributed by atoms with E-state index in [9.17, 15) is 0 Å². The fourth-order valence-corrected chi connectivity index (χ4v) is 2.71. The second kappa shape index (κ2) is 7.39. The van der Waals surface area contributed by atoms with Gasteiger partial charge in [0.25, 0.3) is 0 Å². The van der Waals surface area contributed by atoms with Gasteiger partial charge in [0.2, 0.25) is 0 Å². The van der Waals surface area contributed by atoms with Crippen LogP contribution in [-0.2, 0) is 17.8 Å². The summed E-state index contributed by atoms with van der Waals surface area (Å²) in [5.41, 5.74) is 2.93. The number of hydrogen-bond acceptors (Lipinski definition) is 3. The molecule has 1 N–H and O–H groups in total. The van der Waals surface area contributed by atoms with Gasteiger partial charge in [-0.25, -0.2) is 0 Å². The molecule has 0 spiro atoms. The van der Waals surface area contributed by atoms with Crippen molar-refractivity contribution in [1.82, 2.24) is 10.2 Å². The van der Waals surface area contributed by atoms with E-state index in [0.29, 0.717) is 6.04 Å². The Bertz CT molecular complexity index is 439. The van der Waals surface area contributed by atoms with Crippen molar-refractivity contribution in [3.8, 4) is 0 Å². The maximum atomic E-state index is 5.59. The third kappa shape index (κ3) is 5.42. The van der Waals surface area contributed by atoms with Gasteiger partial charge in [0.15, 0.2) is 0 Å². The van der Waals surface area contributed by atoms with Crippen LogP contribution in [0.1, 0.15) is 45.2 Å². The molecule has 1 unspecified atom stereocenters. The van der Waals surface area contributed by atoms with E-state index in [4.69, 9.17) is 4.74 Å². The molecule has 0 bridgehead atoms. The molecule has 1 aromatic carbocycles. The zero-order valence-corrected chi connectivity index (χ0v) is 14.0. The van der Waals surface area contributed by atoms with Gasteiger partial charge in [-0.3, -0.25) is 4.90 Å². The number of morpholine rings is 1. The molecule has 0 saturated carbocycles. The molecule has 2 rings (SSSR count). The molecule has 0 aliphatic carbocycles. The summed E-state index contributed by atoms with van der Waals surface area (Å²) in [5, 5.41) is 3.56. The molecule has 0 amide bonds. The maximum Gasteiger partial charge on any atom is 0.0622 e. The second-order valence-electron chi connectivity index (χ2n) is 7.03. The highest BCUT2D eigenvalue weighted by Gasteiger charge is 2.21. The molecule has 1 aliphatic heterocycles. The SMILES string of the molecule is CCC1COCCN1Cc1cccc(CNC(C)(C)C)c1. The van der Waals surface area contributed by atoms with Gasteiger partial charge in [0.1, 0.15) is 0 Å². The van der Waals surface area contributed by atoms with Gasteiger partial charge in [-0.15, -0.1) is 0 Å². The monoisotopic (exact) mass is 290 g/mol. The van der Waals surface area contributed by atoms with Gasteiger partial charge in [0, 0.05) is 31.2 Å². The Kier molecular flexibility index (Phi) is 5.80. The van der Waals surface area contributed by atoms with E-state index in [1.54, 1.807) is 0 Å². The smallest absolute Gasteiger partial charge is 0.0622 e. The summed E-state index contributed by atoms with van der Waals surface area (Å²) in [6.45, 7) is 13.6. The Morgan fingerprint density at radius 2 is 2.05 bits per heavy atom. The highest BCUT2D eigenvalue weighted by atomic mass is 16.5. The molecule has 1 aromatic rings. The first-order valence-corrected chi connectivity index (χ1v) is 8.12. The average Bonchev–Trinajstić information content (AvgIpc) is 2.45. The summed E-state index contributed by atoms with van der Waals surface area (Å²) in [6, 6.07) is 9.52. The van der Waals surface area contributed by atoms with E-state index < -0.39 is 0 Å². The van der Waals surface area contributed by atoms with Crippen molar-refractivity contribution >= 4 is 0 Å². The van der Waals surface area contributed by atoms with E-state index in [1.165, 1.54) is 11.1 Å². The summed E-state index contributed by atoms with van der Waals surface area (Å²) in [5.74, 6) is 0. The van der Waals surface area contributed by atoms with Gasteiger partial charge in [-0.1, -0.05) is 31.2 Å². The normalized spacial score (nSPS) is 20.7. The van der Waals surface area contributed by atoms with Crippen LogP contribution < -0.4 is 5.32 Å². The number of benzene rings is 1. The van der Waals surface area contributed by atoms with Crippen molar-refractivity contribution in [2.75, 3.05) is 19.8 Å². The maximum absolute atomic E-state index is 5.59. The lowest BCUT2D eigenvalue weighted by molar-refractivity contribution is -0.0127.